The van der Waals surface area contributed by atoms with Gasteiger partial charge in [-0.15, -0.1) is 0 Å². The van der Waals surface area contributed by atoms with Gasteiger partial charge in [-0.1, -0.05) is 30.3 Å². The summed E-state index contributed by atoms with van der Waals surface area (Å²) in [7, 11) is 2.18. The van der Waals surface area contributed by atoms with Gasteiger partial charge in [0.2, 0.25) is 0 Å². The van der Waals surface area contributed by atoms with Crippen molar-refractivity contribution in [1.82, 2.24) is 14.9 Å². The third-order valence-corrected chi connectivity index (χ3v) is 3.88. The summed E-state index contributed by atoms with van der Waals surface area (Å²) in [6.45, 7) is 2.32. The Morgan fingerprint density at radius 1 is 1.00 bits per heavy atom. The molecule has 0 saturated carbocycles. The first-order valence-corrected chi connectivity index (χ1v) is 6.89. The predicted molar refractivity (Wildman–Crippen MR) is 76.9 cm³/mol. The Balaban J connectivity index is 1.76. The second kappa shape index (κ2) is 5.49. The lowest BCUT2D eigenvalue weighted by molar-refractivity contribution is 0.253. The lowest BCUT2D eigenvalue weighted by Gasteiger charge is -2.28. The zero-order valence-electron chi connectivity index (χ0n) is 11.3. The van der Waals surface area contributed by atoms with Gasteiger partial charge in [-0.05, 0) is 33.0 Å². The van der Waals surface area contributed by atoms with Gasteiger partial charge in [-0.2, -0.15) is 0 Å². The average Bonchev–Trinajstić information content (AvgIpc) is 2.49. The molecule has 0 spiro atoms. The average molecular weight is 253 g/mol. The summed E-state index contributed by atoms with van der Waals surface area (Å²) >= 11 is 0. The standard InChI is InChI=1S/C16H19N3/c1-19-9-7-14(8-10-19)16-12-17-15(11-18-16)13-5-3-2-4-6-13/h2-6,11-12,14H,7-10H2,1H3. The fraction of sp³-hybridized carbons (Fsp3) is 0.375. The van der Waals surface area contributed by atoms with Gasteiger partial charge >= 0.3 is 0 Å². The highest BCUT2D eigenvalue weighted by Crippen LogP contribution is 2.26. The van der Waals surface area contributed by atoms with Crippen molar-refractivity contribution >= 4 is 0 Å². The number of aromatic nitrogens is 2. The second-order valence-corrected chi connectivity index (χ2v) is 5.27. The lowest BCUT2D eigenvalue weighted by atomic mass is 9.94. The van der Waals surface area contributed by atoms with Crippen LogP contribution in [-0.4, -0.2) is 35.0 Å². The maximum atomic E-state index is 4.62. The van der Waals surface area contributed by atoms with E-state index in [9.17, 15) is 0 Å². The number of piperidine rings is 1. The molecule has 0 bridgehead atoms. The third kappa shape index (κ3) is 2.82. The molecule has 1 aliphatic rings. The molecule has 19 heavy (non-hydrogen) atoms. The molecule has 1 fully saturated rings. The Labute approximate surface area is 114 Å². The zero-order chi connectivity index (χ0) is 13.1. The van der Waals surface area contributed by atoms with E-state index in [0.717, 1.165) is 30.0 Å². The van der Waals surface area contributed by atoms with Gasteiger partial charge in [0, 0.05) is 17.7 Å². The molecule has 0 radical (unpaired) electrons. The Bertz CT molecular complexity index is 513. The van der Waals surface area contributed by atoms with Gasteiger partial charge < -0.3 is 4.90 Å². The largest absolute Gasteiger partial charge is 0.306 e. The zero-order valence-corrected chi connectivity index (χ0v) is 11.3. The molecule has 98 valence electrons. The fourth-order valence-electron chi connectivity index (χ4n) is 2.61. The normalized spacial score (nSPS) is 17.5. The van der Waals surface area contributed by atoms with Gasteiger partial charge in [0.1, 0.15) is 0 Å². The van der Waals surface area contributed by atoms with Crippen LogP contribution in [-0.2, 0) is 0 Å². The molecule has 0 atom stereocenters. The first-order valence-electron chi connectivity index (χ1n) is 6.89. The minimum atomic E-state index is 0.577. The van der Waals surface area contributed by atoms with Crippen molar-refractivity contribution < 1.29 is 0 Å². The van der Waals surface area contributed by atoms with E-state index in [0.29, 0.717) is 5.92 Å². The number of hydrogen-bond donors (Lipinski definition) is 0. The number of nitrogens with zero attached hydrogens (tertiary/aromatic N) is 3. The molecule has 0 aliphatic carbocycles. The quantitative estimate of drug-likeness (QED) is 0.824. The van der Waals surface area contributed by atoms with Crippen LogP contribution in [0, 0.1) is 0 Å². The number of benzene rings is 1. The van der Waals surface area contributed by atoms with Crippen LogP contribution in [0.25, 0.3) is 11.3 Å². The number of rotatable bonds is 2. The van der Waals surface area contributed by atoms with Crippen molar-refractivity contribution in [1.29, 1.82) is 0 Å². The molecule has 1 aromatic carbocycles. The maximum Gasteiger partial charge on any atom is 0.0885 e. The molecular formula is C16H19N3. The summed E-state index contributed by atoms with van der Waals surface area (Å²) in [6.07, 6.45) is 6.24. The molecule has 1 aromatic heterocycles. The smallest absolute Gasteiger partial charge is 0.0885 e. The second-order valence-electron chi connectivity index (χ2n) is 5.27. The van der Waals surface area contributed by atoms with Crippen LogP contribution in [0.2, 0.25) is 0 Å². The summed E-state index contributed by atoms with van der Waals surface area (Å²) < 4.78 is 0. The van der Waals surface area contributed by atoms with E-state index < -0.39 is 0 Å². The summed E-state index contributed by atoms with van der Waals surface area (Å²) in [5.41, 5.74) is 3.23. The first kappa shape index (κ1) is 12.3. The van der Waals surface area contributed by atoms with Crippen molar-refractivity contribution in [3.8, 4) is 11.3 Å². The van der Waals surface area contributed by atoms with Crippen LogP contribution in [0.4, 0.5) is 0 Å². The molecule has 3 rings (SSSR count). The number of hydrogen-bond acceptors (Lipinski definition) is 3. The molecule has 0 N–H and O–H groups in total. The van der Waals surface area contributed by atoms with E-state index in [1.807, 2.05) is 30.6 Å². The highest BCUT2D eigenvalue weighted by atomic mass is 15.1. The molecule has 3 nitrogen and oxygen atoms in total. The first-order chi connectivity index (χ1) is 9.33. The van der Waals surface area contributed by atoms with E-state index in [2.05, 4.69) is 34.0 Å². The Morgan fingerprint density at radius 3 is 2.37 bits per heavy atom. The fourth-order valence-corrected chi connectivity index (χ4v) is 2.61. The van der Waals surface area contributed by atoms with Crippen molar-refractivity contribution in [2.45, 2.75) is 18.8 Å². The lowest BCUT2D eigenvalue weighted by Crippen LogP contribution is -2.29. The van der Waals surface area contributed by atoms with E-state index >= 15 is 0 Å². The van der Waals surface area contributed by atoms with Gasteiger partial charge in [-0.25, -0.2) is 0 Å². The van der Waals surface area contributed by atoms with Gasteiger partial charge in [0.05, 0.1) is 17.6 Å². The SMILES string of the molecule is CN1CCC(c2cnc(-c3ccccc3)cn2)CC1. The van der Waals surface area contributed by atoms with Crippen molar-refractivity contribution in [2.75, 3.05) is 20.1 Å². The van der Waals surface area contributed by atoms with Crippen LogP contribution in [0.3, 0.4) is 0 Å². The van der Waals surface area contributed by atoms with Gasteiger partial charge in [-0.3, -0.25) is 9.97 Å². The minimum absolute atomic E-state index is 0.577. The molecule has 2 heterocycles. The number of likely N-dealkylation sites (tertiary alicyclic amines) is 1. The Morgan fingerprint density at radius 2 is 1.74 bits per heavy atom. The Hall–Kier alpha value is -1.74. The van der Waals surface area contributed by atoms with E-state index in [4.69, 9.17) is 0 Å². The molecule has 1 saturated heterocycles. The van der Waals surface area contributed by atoms with E-state index in [1.54, 1.807) is 0 Å². The van der Waals surface area contributed by atoms with Gasteiger partial charge in [0.25, 0.3) is 0 Å². The third-order valence-electron chi connectivity index (χ3n) is 3.88. The topological polar surface area (TPSA) is 29.0 Å². The molecule has 2 aromatic rings. The summed E-state index contributed by atoms with van der Waals surface area (Å²) in [4.78, 5) is 11.6. The molecule has 0 unspecified atom stereocenters. The van der Waals surface area contributed by atoms with E-state index in [1.165, 1.54) is 12.8 Å². The highest BCUT2D eigenvalue weighted by Gasteiger charge is 2.19. The van der Waals surface area contributed by atoms with Crippen LogP contribution in [0.1, 0.15) is 24.5 Å². The van der Waals surface area contributed by atoms with Crippen LogP contribution >= 0.6 is 0 Å². The summed E-state index contributed by atoms with van der Waals surface area (Å²) in [5, 5.41) is 0. The van der Waals surface area contributed by atoms with Crippen LogP contribution in [0.5, 0.6) is 0 Å². The van der Waals surface area contributed by atoms with Crippen LogP contribution in [0.15, 0.2) is 42.7 Å². The molecule has 3 heteroatoms. The van der Waals surface area contributed by atoms with Gasteiger partial charge in [0.15, 0.2) is 0 Å². The summed E-state index contributed by atoms with van der Waals surface area (Å²) in [6, 6.07) is 10.2. The summed E-state index contributed by atoms with van der Waals surface area (Å²) in [5.74, 6) is 0.577. The van der Waals surface area contributed by atoms with Crippen molar-refractivity contribution in [3.63, 3.8) is 0 Å². The van der Waals surface area contributed by atoms with E-state index in [-0.39, 0.29) is 0 Å². The molecule has 1 aliphatic heterocycles. The Kier molecular flexibility index (Phi) is 3.56. The van der Waals surface area contributed by atoms with Crippen molar-refractivity contribution in [2.24, 2.45) is 0 Å². The van der Waals surface area contributed by atoms with Crippen LogP contribution < -0.4 is 0 Å². The monoisotopic (exact) mass is 253 g/mol. The predicted octanol–water partition coefficient (Wildman–Crippen LogP) is 2.95. The van der Waals surface area contributed by atoms with Crippen molar-refractivity contribution in [3.05, 3.63) is 48.4 Å². The maximum absolute atomic E-state index is 4.62. The molecule has 0 amide bonds. The molecular weight excluding hydrogens is 234 g/mol. The minimum Gasteiger partial charge on any atom is -0.306 e. The highest BCUT2D eigenvalue weighted by molar-refractivity contribution is 5.57.